The Morgan fingerprint density at radius 2 is 1.53 bits per heavy atom. The van der Waals surface area contributed by atoms with Crippen LogP contribution in [0.5, 0.6) is 0 Å². The number of halogens is 3. The largest absolute Gasteiger partial charge is 0.417 e. The molecule has 2 amide bonds. The number of hydrogen-bond donors (Lipinski definition) is 1. The molecule has 7 heteroatoms. The zero-order valence-electron chi connectivity index (χ0n) is 18.3. The minimum absolute atomic E-state index is 0.207. The Morgan fingerprint density at radius 3 is 2.09 bits per heavy atom. The average Bonchev–Trinajstić information content (AvgIpc) is 2.72. The molecule has 6 rings (SSSR count). The van der Waals surface area contributed by atoms with Crippen LogP contribution >= 0.6 is 0 Å². The Kier molecular flexibility index (Phi) is 5.49. The fourth-order valence-electron chi connectivity index (χ4n) is 7.40. The van der Waals surface area contributed by atoms with E-state index in [4.69, 9.17) is 0 Å². The molecule has 5 aliphatic rings. The Labute approximate surface area is 186 Å². The number of hydrogen-bond acceptors (Lipinski definition) is 2. The van der Waals surface area contributed by atoms with Crippen LogP contribution < -0.4 is 5.32 Å². The summed E-state index contributed by atoms with van der Waals surface area (Å²) in [4.78, 5) is 27.5. The number of carbonyl (C=O) groups is 2. The maximum atomic E-state index is 13.2. The first-order chi connectivity index (χ1) is 15.2. The second kappa shape index (κ2) is 8.07. The first kappa shape index (κ1) is 21.8. The summed E-state index contributed by atoms with van der Waals surface area (Å²) >= 11 is 0. The lowest BCUT2D eigenvalue weighted by Gasteiger charge is -2.57. The third-order valence-electron chi connectivity index (χ3n) is 8.35. The minimum Gasteiger partial charge on any atom is -0.349 e. The molecule has 4 saturated carbocycles. The SMILES string of the molecule is O=C(NC1CCN(C(=O)CC23CC4CC(CC(C4)C2)C3)CC1)c1ccccc1C(F)(F)F. The summed E-state index contributed by atoms with van der Waals surface area (Å²) in [6.07, 6.45) is 4.91. The molecule has 1 aliphatic heterocycles. The molecule has 1 N–H and O–H groups in total. The zero-order valence-corrected chi connectivity index (χ0v) is 18.3. The zero-order chi connectivity index (χ0) is 22.5. The number of nitrogens with one attached hydrogen (secondary N) is 1. The highest BCUT2D eigenvalue weighted by atomic mass is 19.4. The van der Waals surface area contributed by atoms with Crippen LogP contribution in [-0.4, -0.2) is 35.8 Å². The normalized spacial score (nSPS) is 32.2. The van der Waals surface area contributed by atoms with E-state index in [-0.39, 0.29) is 22.9 Å². The monoisotopic (exact) mass is 448 g/mol. The van der Waals surface area contributed by atoms with Crippen LogP contribution in [0.15, 0.2) is 24.3 Å². The number of rotatable bonds is 4. The van der Waals surface area contributed by atoms with Crippen molar-refractivity contribution in [2.24, 2.45) is 23.2 Å². The number of alkyl halides is 3. The summed E-state index contributed by atoms with van der Waals surface area (Å²) in [6.45, 7) is 1.11. The first-order valence-electron chi connectivity index (χ1n) is 12.0. The predicted molar refractivity (Wildman–Crippen MR) is 114 cm³/mol. The van der Waals surface area contributed by atoms with Crippen molar-refractivity contribution < 1.29 is 22.8 Å². The van der Waals surface area contributed by atoms with Crippen LogP contribution in [0.4, 0.5) is 13.2 Å². The van der Waals surface area contributed by atoms with Crippen molar-refractivity contribution in [3.63, 3.8) is 0 Å². The summed E-state index contributed by atoms with van der Waals surface area (Å²) in [6, 6.07) is 4.65. The summed E-state index contributed by atoms with van der Waals surface area (Å²) in [5.74, 6) is 1.97. The highest BCUT2D eigenvalue weighted by Crippen LogP contribution is 2.61. The van der Waals surface area contributed by atoms with Gasteiger partial charge >= 0.3 is 6.18 Å². The van der Waals surface area contributed by atoms with Crippen LogP contribution in [0, 0.1) is 23.2 Å². The number of benzene rings is 1. The lowest BCUT2D eigenvalue weighted by Crippen LogP contribution is -2.50. The van der Waals surface area contributed by atoms with Gasteiger partial charge in [0, 0.05) is 25.6 Å². The number of likely N-dealkylation sites (tertiary alicyclic amines) is 1. The molecule has 0 unspecified atom stereocenters. The van der Waals surface area contributed by atoms with Gasteiger partial charge in [0.25, 0.3) is 5.91 Å². The lowest BCUT2D eigenvalue weighted by atomic mass is 9.49. The van der Waals surface area contributed by atoms with E-state index >= 15 is 0 Å². The smallest absolute Gasteiger partial charge is 0.349 e. The Morgan fingerprint density at radius 1 is 0.969 bits per heavy atom. The van der Waals surface area contributed by atoms with E-state index in [0.717, 1.165) is 23.8 Å². The maximum Gasteiger partial charge on any atom is 0.417 e. The van der Waals surface area contributed by atoms with Crippen LogP contribution in [0.1, 0.15) is 73.7 Å². The van der Waals surface area contributed by atoms with Gasteiger partial charge in [-0.15, -0.1) is 0 Å². The van der Waals surface area contributed by atoms with E-state index in [1.165, 1.54) is 56.7 Å². The fraction of sp³-hybridized carbons (Fsp3) is 0.680. The van der Waals surface area contributed by atoms with Gasteiger partial charge in [-0.1, -0.05) is 12.1 Å². The van der Waals surface area contributed by atoms with E-state index in [9.17, 15) is 22.8 Å². The molecular formula is C25H31F3N2O2. The van der Waals surface area contributed by atoms with Crippen molar-refractivity contribution in [3.05, 3.63) is 35.4 Å². The topological polar surface area (TPSA) is 49.4 Å². The molecule has 4 aliphatic carbocycles. The number of piperidine rings is 1. The molecule has 1 saturated heterocycles. The standard InChI is InChI=1S/C25H31F3N2O2/c26-25(27,28)21-4-2-1-3-20(21)23(32)29-19-5-7-30(8-6-19)22(31)15-24-12-16-9-17(13-24)11-18(10-16)14-24/h1-4,16-19H,5-15H2,(H,29,32). The van der Waals surface area contributed by atoms with Gasteiger partial charge in [0.05, 0.1) is 11.1 Å². The minimum atomic E-state index is -4.57. The quantitative estimate of drug-likeness (QED) is 0.702. The van der Waals surface area contributed by atoms with E-state index in [1.807, 2.05) is 4.90 Å². The number of carbonyl (C=O) groups excluding carboxylic acids is 2. The van der Waals surface area contributed by atoms with Gasteiger partial charge in [-0.3, -0.25) is 9.59 Å². The van der Waals surface area contributed by atoms with Gasteiger partial charge in [0.2, 0.25) is 5.91 Å². The van der Waals surface area contributed by atoms with Crippen molar-refractivity contribution in [3.8, 4) is 0 Å². The Balaban J connectivity index is 1.15. The molecule has 0 aromatic heterocycles. The Bertz CT molecular complexity index is 854. The van der Waals surface area contributed by atoms with Gasteiger partial charge in [-0.25, -0.2) is 0 Å². The third-order valence-corrected chi connectivity index (χ3v) is 8.35. The van der Waals surface area contributed by atoms with Gasteiger partial charge in [-0.2, -0.15) is 13.2 Å². The van der Waals surface area contributed by atoms with Crippen LogP contribution in [0.25, 0.3) is 0 Å². The van der Waals surface area contributed by atoms with Crippen molar-refractivity contribution in [1.29, 1.82) is 0 Å². The van der Waals surface area contributed by atoms with Crippen molar-refractivity contribution in [2.75, 3.05) is 13.1 Å². The molecule has 5 fully saturated rings. The van der Waals surface area contributed by atoms with Gasteiger partial charge in [0.1, 0.15) is 0 Å². The van der Waals surface area contributed by atoms with Crippen molar-refractivity contribution in [2.45, 2.75) is 70.0 Å². The molecule has 0 atom stereocenters. The van der Waals surface area contributed by atoms with E-state index in [0.29, 0.717) is 32.4 Å². The van der Waals surface area contributed by atoms with Crippen molar-refractivity contribution in [1.82, 2.24) is 10.2 Å². The summed E-state index contributed by atoms with van der Waals surface area (Å²) < 4.78 is 39.6. The van der Waals surface area contributed by atoms with Crippen LogP contribution in [0.3, 0.4) is 0 Å². The van der Waals surface area contributed by atoms with E-state index in [1.54, 1.807) is 0 Å². The van der Waals surface area contributed by atoms with Gasteiger partial charge in [0.15, 0.2) is 0 Å². The molecule has 1 heterocycles. The van der Waals surface area contributed by atoms with Crippen LogP contribution in [0.2, 0.25) is 0 Å². The number of nitrogens with zero attached hydrogens (tertiary/aromatic N) is 1. The fourth-order valence-corrected chi connectivity index (χ4v) is 7.40. The molecule has 4 bridgehead atoms. The molecule has 1 aromatic carbocycles. The second-order valence-corrected chi connectivity index (χ2v) is 10.8. The molecule has 1 aromatic rings. The second-order valence-electron chi connectivity index (χ2n) is 10.8. The molecule has 32 heavy (non-hydrogen) atoms. The summed E-state index contributed by atoms with van der Waals surface area (Å²) in [7, 11) is 0. The molecule has 174 valence electrons. The third kappa shape index (κ3) is 4.27. The van der Waals surface area contributed by atoms with Crippen LogP contribution in [-0.2, 0) is 11.0 Å². The molecular weight excluding hydrogens is 417 g/mol. The summed E-state index contributed by atoms with van der Waals surface area (Å²) in [5, 5.41) is 2.76. The maximum absolute atomic E-state index is 13.2. The van der Waals surface area contributed by atoms with E-state index in [2.05, 4.69) is 5.32 Å². The van der Waals surface area contributed by atoms with Crippen molar-refractivity contribution >= 4 is 11.8 Å². The molecule has 4 nitrogen and oxygen atoms in total. The first-order valence-corrected chi connectivity index (χ1v) is 12.0. The lowest BCUT2D eigenvalue weighted by molar-refractivity contribution is -0.141. The average molecular weight is 449 g/mol. The number of amides is 2. The Hall–Kier alpha value is -2.05. The molecule has 0 radical (unpaired) electrons. The van der Waals surface area contributed by atoms with Gasteiger partial charge < -0.3 is 10.2 Å². The molecule has 0 spiro atoms. The summed E-state index contributed by atoms with van der Waals surface area (Å²) in [5.41, 5.74) is -1.06. The van der Waals surface area contributed by atoms with E-state index < -0.39 is 17.6 Å². The van der Waals surface area contributed by atoms with Gasteiger partial charge in [-0.05, 0) is 86.7 Å². The predicted octanol–water partition coefficient (Wildman–Crippen LogP) is 5.03. The highest BCUT2D eigenvalue weighted by molar-refractivity contribution is 5.96. The highest BCUT2D eigenvalue weighted by Gasteiger charge is 2.51.